The Morgan fingerprint density at radius 3 is 2.47 bits per heavy atom. The monoisotopic (exact) mass is 273 g/mol. The standard InChI is InChI=1S/C14H21Cl2N/c1-2-3-12(8-9-15)10-17-11-13-4-6-14(16)7-5-13/h4-7,12,17H,2-3,8-11H2,1H3. The molecule has 96 valence electrons. The smallest absolute Gasteiger partial charge is 0.0406 e. The van der Waals surface area contributed by atoms with Crippen LogP contribution >= 0.6 is 23.2 Å². The average molecular weight is 274 g/mol. The van der Waals surface area contributed by atoms with Crippen LogP contribution in [0.4, 0.5) is 0 Å². The maximum atomic E-state index is 5.84. The van der Waals surface area contributed by atoms with Crippen molar-refractivity contribution < 1.29 is 0 Å². The molecule has 0 saturated carbocycles. The second-order valence-corrected chi connectivity index (χ2v) is 5.20. The lowest BCUT2D eigenvalue weighted by Crippen LogP contribution is -2.22. The molecule has 0 aliphatic rings. The first-order valence-electron chi connectivity index (χ1n) is 6.27. The van der Waals surface area contributed by atoms with Gasteiger partial charge in [0.25, 0.3) is 0 Å². The second-order valence-electron chi connectivity index (χ2n) is 4.39. The SMILES string of the molecule is CCCC(CCCl)CNCc1ccc(Cl)cc1. The van der Waals surface area contributed by atoms with Crippen molar-refractivity contribution >= 4 is 23.2 Å². The lowest BCUT2D eigenvalue weighted by molar-refractivity contribution is 0.430. The molecule has 17 heavy (non-hydrogen) atoms. The van der Waals surface area contributed by atoms with E-state index in [2.05, 4.69) is 24.4 Å². The van der Waals surface area contributed by atoms with Gasteiger partial charge in [-0.3, -0.25) is 0 Å². The predicted molar refractivity (Wildman–Crippen MR) is 76.9 cm³/mol. The van der Waals surface area contributed by atoms with Gasteiger partial charge in [-0.1, -0.05) is 37.1 Å². The molecule has 0 aromatic heterocycles. The van der Waals surface area contributed by atoms with Crippen molar-refractivity contribution in [2.24, 2.45) is 5.92 Å². The molecular weight excluding hydrogens is 253 g/mol. The topological polar surface area (TPSA) is 12.0 Å². The summed E-state index contributed by atoms with van der Waals surface area (Å²) in [5, 5.41) is 4.28. The van der Waals surface area contributed by atoms with E-state index in [1.165, 1.54) is 18.4 Å². The number of rotatable bonds is 8. The minimum Gasteiger partial charge on any atom is -0.312 e. The highest BCUT2D eigenvalue weighted by Gasteiger charge is 2.06. The fourth-order valence-corrected chi connectivity index (χ4v) is 2.37. The Kier molecular flexibility index (Phi) is 7.67. The Morgan fingerprint density at radius 1 is 1.18 bits per heavy atom. The number of nitrogens with one attached hydrogen (secondary N) is 1. The number of alkyl halides is 1. The number of halogens is 2. The lowest BCUT2D eigenvalue weighted by atomic mass is 10.0. The van der Waals surface area contributed by atoms with Crippen LogP contribution in [-0.4, -0.2) is 12.4 Å². The number of hydrogen-bond acceptors (Lipinski definition) is 1. The molecule has 3 heteroatoms. The van der Waals surface area contributed by atoms with Gasteiger partial charge in [-0.05, 0) is 43.0 Å². The summed E-state index contributed by atoms with van der Waals surface area (Å²) in [6, 6.07) is 7.99. The van der Waals surface area contributed by atoms with E-state index in [4.69, 9.17) is 23.2 Å². The molecule has 0 aliphatic heterocycles. The quantitative estimate of drug-likeness (QED) is 0.689. The van der Waals surface area contributed by atoms with Crippen LogP contribution < -0.4 is 5.32 Å². The summed E-state index contributed by atoms with van der Waals surface area (Å²) >= 11 is 11.6. The van der Waals surface area contributed by atoms with Crippen LogP contribution in [-0.2, 0) is 6.54 Å². The molecule has 0 spiro atoms. The first kappa shape index (κ1) is 14.8. The molecule has 0 fully saturated rings. The van der Waals surface area contributed by atoms with E-state index in [1.807, 2.05) is 12.1 Å². The molecule has 1 nitrogen and oxygen atoms in total. The van der Waals surface area contributed by atoms with Crippen molar-refractivity contribution in [1.29, 1.82) is 0 Å². The van der Waals surface area contributed by atoms with Gasteiger partial charge in [0.05, 0.1) is 0 Å². The predicted octanol–water partition coefficient (Wildman–Crippen LogP) is 4.47. The van der Waals surface area contributed by atoms with Gasteiger partial charge in [0, 0.05) is 17.4 Å². The zero-order valence-electron chi connectivity index (χ0n) is 10.4. The summed E-state index contributed by atoms with van der Waals surface area (Å²) in [5.41, 5.74) is 1.27. The Balaban J connectivity index is 2.27. The highest BCUT2D eigenvalue weighted by atomic mass is 35.5. The van der Waals surface area contributed by atoms with Crippen LogP contribution in [0.25, 0.3) is 0 Å². The molecule has 0 saturated heterocycles. The normalized spacial score (nSPS) is 12.6. The van der Waals surface area contributed by atoms with Crippen LogP contribution in [0.2, 0.25) is 5.02 Å². The lowest BCUT2D eigenvalue weighted by Gasteiger charge is -2.15. The molecule has 1 atom stereocenters. The Hall–Kier alpha value is -0.240. The fourth-order valence-electron chi connectivity index (χ4n) is 1.93. The summed E-state index contributed by atoms with van der Waals surface area (Å²) in [6.07, 6.45) is 3.58. The Bertz CT molecular complexity index is 292. The van der Waals surface area contributed by atoms with Gasteiger partial charge in [-0.2, -0.15) is 0 Å². The van der Waals surface area contributed by atoms with Gasteiger partial charge in [0.2, 0.25) is 0 Å². The molecule has 0 bridgehead atoms. The molecule has 0 heterocycles. The summed E-state index contributed by atoms with van der Waals surface area (Å²) < 4.78 is 0. The molecular formula is C14H21Cl2N. The van der Waals surface area contributed by atoms with Crippen molar-refractivity contribution in [3.63, 3.8) is 0 Å². The zero-order valence-corrected chi connectivity index (χ0v) is 11.9. The molecule has 0 radical (unpaired) electrons. The number of benzene rings is 1. The zero-order chi connectivity index (χ0) is 12.5. The van der Waals surface area contributed by atoms with Gasteiger partial charge in [-0.15, -0.1) is 11.6 Å². The van der Waals surface area contributed by atoms with Crippen LogP contribution in [0.3, 0.4) is 0 Å². The highest BCUT2D eigenvalue weighted by Crippen LogP contribution is 2.12. The van der Waals surface area contributed by atoms with E-state index in [1.54, 1.807) is 0 Å². The molecule has 1 N–H and O–H groups in total. The second kappa shape index (κ2) is 8.79. The van der Waals surface area contributed by atoms with Crippen molar-refractivity contribution in [2.75, 3.05) is 12.4 Å². The van der Waals surface area contributed by atoms with Crippen LogP contribution in [0.1, 0.15) is 31.7 Å². The van der Waals surface area contributed by atoms with Crippen LogP contribution in [0, 0.1) is 5.92 Å². The minimum absolute atomic E-state index is 0.699. The van der Waals surface area contributed by atoms with Crippen LogP contribution in [0.15, 0.2) is 24.3 Å². The summed E-state index contributed by atoms with van der Waals surface area (Å²) in [7, 11) is 0. The van der Waals surface area contributed by atoms with E-state index in [0.717, 1.165) is 30.4 Å². The van der Waals surface area contributed by atoms with Crippen LogP contribution in [0.5, 0.6) is 0 Å². The molecule has 0 aliphatic carbocycles. The van der Waals surface area contributed by atoms with E-state index in [9.17, 15) is 0 Å². The van der Waals surface area contributed by atoms with Crippen molar-refractivity contribution in [1.82, 2.24) is 5.32 Å². The molecule has 1 unspecified atom stereocenters. The van der Waals surface area contributed by atoms with E-state index < -0.39 is 0 Å². The maximum Gasteiger partial charge on any atom is 0.0406 e. The summed E-state index contributed by atoms with van der Waals surface area (Å²) in [4.78, 5) is 0. The van der Waals surface area contributed by atoms with Gasteiger partial charge in [0.15, 0.2) is 0 Å². The first-order chi connectivity index (χ1) is 8.26. The summed E-state index contributed by atoms with van der Waals surface area (Å²) in [6.45, 7) is 4.17. The van der Waals surface area contributed by atoms with Crippen molar-refractivity contribution in [3.05, 3.63) is 34.9 Å². The third kappa shape index (κ3) is 6.30. The van der Waals surface area contributed by atoms with E-state index >= 15 is 0 Å². The van der Waals surface area contributed by atoms with Crippen molar-refractivity contribution in [2.45, 2.75) is 32.7 Å². The molecule has 1 aromatic rings. The summed E-state index contributed by atoms with van der Waals surface area (Å²) in [5.74, 6) is 1.46. The number of hydrogen-bond donors (Lipinski definition) is 1. The Morgan fingerprint density at radius 2 is 1.88 bits per heavy atom. The van der Waals surface area contributed by atoms with E-state index in [0.29, 0.717) is 5.92 Å². The maximum absolute atomic E-state index is 5.84. The third-order valence-corrected chi connectivity index (χ3v) is 3.36. The largest absolute Gasteiger partial charge is 0.312 e. The van der Waals surface area contributed by atoms with Crippen molar-refractivity contribution in [3.8, 4) is 0 Å². The first-order valence-corrected chi connectivity index (χ1v) is 7.18. The minimum atomic E-state index is 0.699. The average Bonchev–Trinajstić information content (AvgIpc) is 2.32. The highest BCUT2D eigenvalue weighted by molar-refractivity contribution is 6.30. The van der Waals surface area contributed by atoms with E-state index in [-0.39, 0.29) is 0 Å². The molecule has 1 aromatic carbocycles. The molecule has 0 amide bonds. The third-order valence-electron chi connectivity index (χ3n) is 2.89. The van der Waals surface area contributed by atoms with Gasteiger partial charge < -0.3 is 5.32 Å². The van der Waals surface area contributed by atoms with Gasteiger partial charge in [0.1, 0.15) is 0 Å². The Labute approximate surface area is 115 Å². The van der Waals surface area contributed by atoms with Gasteiger partial charge in [-0.25, -0.2) is 0 Å². The van der Waals surface area contributed by atoms with Gasteiger partial charge >= 0.3 is 0 Å². The fraction of sp³-hybridized carbons (Fsp3) is 0.571. The molecule has 1 rings (SSSR count).